The van der Waals surface area contributed by atoms with Gasteiger partial charge in [0.05, 0.1) is 38.0 Å². The van der Waals surface area contributed by atoms with Crippen LogP contribution in [-0.2, 0) is 17.7 Å². The Labute approximate surface area is 647 Å². The Morgan fingerprint density at radius 1 is 0.611 bits per heavy atom. The van der Waals surface area contributed by atoms with Crippen LogP contribution in [0.1, 0.15) is 98.1 Å². The SMILES string of the molecule is C=CCN1CCC(Cc2ccc(F)cc2)CC1.Cc1c(C(Cl)=NO)cc2oc(=O)[nH]c2c1Cl.Cc1c(C2=NOC(CN3CCC(Cc4ccc(F)cc4)CC3)C2)cc2oc(=O)[nH]c2c1Cl.Cc1c(C=NO)cc2oc(=O)[nH]c2c1Cl.Cc1cc2[nH]c(=O)oc2cc1Br.Cc1cc2[nH]c(=O)oc2cc1C=O.Cl.NO. The van der Waals surface area contributed by atoms with Gasteiger partial charge in [-0.15, -0.1) is 19.0 Å². The van der Waals surface area contributed by atoms with Crippen molar-refractivity contribution in [2.45, 2.75) is 85.7 Å². The first kappa shape index (κ1) is 84.0. The maximum absolute atomic E-state index is 13.1. The van der Waals surface area contributed by atoms with Crippen LogP contribution in [-0.4, -0.2) is 119 Å². The predicted molar refractivity (Wildman–Crippen MR) is 418 cm³/mol. The number of aromatic amines is 5. The molecule has 3 aliphatic heterocycles. The summed E-state index contributed by atoms with van der Waals surface area (Å²) < 4.78 is 51.4. The zero-order chi connectivity index (χ0) is 77.3. The second-order valence-corrected chi connectivity index (χ2v) is 27.6. The Morgan fingerprint density at radius 2 is 1.05 bits per heavy atom. The van der Waals surface area contributed by atoms with Crippen LogP contribution in [0.3, 0.4) is 0 Å². The van der Waals surface area contributed by atoms with E-state index in [1.54, 1.807) is 63.2 Å². The number of halogens is 8. The van der Waals surface area contributed by atoms with Crippen LogP contribution in [0.5, 0.6) is 0 Å². The lowest BCUT2D eigenvalue weighted by Crippen LogP contribution is -2.39. The molecule has 7 aromatic carbocycles. The molecule has 12 aromatic rings. The monoisotopic (exact) mass is 1650 g/mol. The molecule has 0 spiro atoms. The van der Waals surface area contributed by atoms with E-state index in [4.69, 9.17) is 88.9 Å². The Bertz CT molecular complexity index is 5490. The molecular weight excluding hydrogens is 1580 g/mol. The highest BCUT2D eigenvalue weighted by molar-refractivity contribution is 9.10. The van der Waals surface area contributed by atoms with E-state index in [9.17, 15) is 37.5 Å². The van der Waals surface area contributed by atoms with Gasteiger partial charge in [0.25, 0.3) is 0 Å². The third-order valence-corrected chi connectivity index (χ3v) is 20.6. The van der Waals surface area contributed by atoms with Crippen molar-refractivity contribution in [1.82, 2.24) is 34.7 Å². The van der Waals surface area contributed by atoms with Gasteiger partial charge in [-0.05, 0) is 217 Å². The van der Waals surface area contributed by atoms with Crippen molar-refractivity contribution in [3.05, 3.63) is 249 Å². The number of nitrogens with zero attached hydrogens (tertiary/aromatic N) is 5. The molecule has 572 valence electrons. The topological polar surface area (TPSA) is 387 Å². The molecule has 26 nitrogen and oxygen atoms in total. The minimum atomic E-state index is -0.606. The molecule has 0 saturated carbocycles. The van der Waals surface area contributed by atoms with Crippen LogP contribution < -0.4 is 34.7 Å². The number of aromatic nitrogens is 5. The number of carbonyl (C=O) groups is 1. The van der Waals surface area contributed by atoms with Crippen molar-refractivity contribution in [3.8, 4) is 0 Å². The fourth-order valence-corrected chi connectivity index (χ4v) is 13.6. The highest BCUT2D eigenvalue weighted by Crippen LogP contribution is 2.34. The van der Waals surface area contributed by atoms with Gasteiger partial charge in [-0.1, -0.05) is 108 Å². The lowest BCUT2D eigenvalue weighted by Gasteiger charge is -2.33. The van der Waals surface area contributed by atoms with Crippen LogP contribution >= 0.6 is 74.7 Å². The fourth-order valence-electron chi connectivity index (χ4n) is 12.4. The van der Waals surface area contributed by atoms with E-state index in [1.165, 1.54) is 48.4 Å². The van der Waals surface area contributed by atoms with Crippen molar-refractivity contribution in [2.24, 2.45) is 33.2 Å². The van der Waals surface area contributed by atoms with Gasteiger partial charge >= 0.3 is 28.8 Å². The minimum absolute atomic E-state index is 0. The molecule has 3 aliphatic rings. The van der Waals surface area contributed by atoms with E-state index >= 15 is 0 Å². The zero-order valence-corrected chi connectivity index (χ0v) is 64.1. The van der Waals surface area contributed by atoms with Gasteiger partial charge in [0.2, 0.25) is 0 Å². The standard InChI is InChI=1S/C24H25ClFN3O3.C15H20FN.C9H6Cl2N2O3.C9H7ClN2O3.C9H7NO3.C8H6BrNO2.ClH.H3NO/c1-14-19(12-21-23(22(14)25)27-24(30)31-21)20-11-18(32-28-20)13-29-8-6-16(7-9-29)10-15-2-4-17(26)5-3-15;1-2-9-17-10-7-14(8-11-17)12-13-3-5-15(16)6-4-13;1-3-4(8(11)13-15)2-5-7(6(3)10)12-9(14)16-5;1-4-5(3-11-14)2-6-8(7(4)10)12-9(13)15-6;1-5-2-7-8(3-6(5)4-11)13-9(12)10-7;1-4-2-6-7(3-5(4)9)12-8(11)10-6;;1-2/h2-5,12,16,18H,6-11,13H2,1H3,(H,27,30);2-6,14H,1,7-12H2;2,15H,1H3,(H,12,14);2-3,14H,1H3,(H,12,13);2-4H,1H3,(H,10,12);2-3H,1H3,(H,10,11);1H;2H,1H2. The highest BCUT2D eigenvalue weighted by atomic mass is 79.9. The lowest BCUT2D eigenvalue weighted by molar-refractivity contribution is 0.0419. The quantitative estimate of drug-likeness (QED) is 0.0180. The molecule has 0 radical (unpaired) electrons. The van der Waals surface area contributed by atoms with Crippen LogP contribution in [0.25, 0.3) is 55.5 Å². The van der Waals surface area contributed by atoms with Crippen molar-refractivity contribution >= 4 is 154 Å². The summed E-state index contributed by atoms with van der Waals surface area (Å²) in [6, 6.07) is 25.6. The largest absolute Gasteiger partial charge is 0.417 e. The van der Waals surface area contributed by atoms with E-state index in [1.807, 2.05) is 50.3 Å². The molecule has 1 atom stereocenters. The number of carbonyl (C=O) groups excluding carboxylic acids is 1. The Morgan fingerprint density at radius 3 is 1.54 bits per heavy atom. The normalized spacial score (nSPS) is 14.7. The van der Waals surface area contributed by atoms with Gasteiger partial charge < -0.3 is 42.5 Å². The molecule has 108 heavy (non-hydrogen) atoms. The third-order valence-electron chi connectivity index (χ3n) is 18.1. The summed E-state index contributed by atoms with van der Waals surface area (Å²) in [4.78, 5) is 88.9. The van der Waals surface area contributed by atoms with Gasteiger partial charge in [-0.3, -0.25) is 39.5 Å². The number of piperidine rings is 2. The second kappa shape index (κ2) is 38.9. The average Bonchev–Trinajstić information content (AvgIpc) is 1.61. The number of nitrogens with one attached hydrogen (secondary N) is 5. The summed E-state index contributed by atoms with van der Waals surface area (Å²) in [6.07, 6.45) is 11.4. The number of oxime groups is 3. The van der Waals surface area contributed by atoms with E-state index in [0.717, 1.165) is 115 Å². The van der Waals surface area contributed by atoms with Gasteiger partial charge in [-0.25, -0.2) is 38.7 Å². The van der Waals surface area contributed by atoms with E-state index < -0.39 is 28.8 Å². The molecule has 2 saturated heterocycles. The third kappa shape index (κ3) is 21.6. The summed E-state index contributed by atoms with van der Waals surface area (Å²) >= 11 is 27.5. The maximum Gasteiger partial charge on any atom is 0.417 e. The highest BCUT2D eigenvalue weighted by Gasteiger charge is 2.30. The van der Waals surface area contributed by atoms with E-state index in [-0.39, 0.29) is 40.9 Å². The number of hydrogen-bond acceptors (Lipinski definition) is 21. The fraction of sp³-hybridized carbons (Fsp3) is 0.284. The van der Waals surface area contributed by atoms with Gasteiger partial charge in [0.1, 0.15) is 40.6 Å². The second-order valence-electron chi connectivity index (χ2n) is 25.3. The number of fused-ring (bicyclic) bond motifs is 5. The molecule has 1 unspecified atom stereocenters. The number of likely N-dealkylation sites (tertiary alicyclic amines) is 2. The van der Waals surface area contributed by atoms with Crippen LogP contribution in [0.2, 0.25) is 15.1 Å². The predicted octanol–water partition coefficient (Wildman–Crippen LogP) is 15.5. The van der Waals surface area contributed by atoms with E-state index in [0.29, 0.717) is 99.6 Å². The van der Waals surface area contributed by atoms with Crippen molar-refractivity contribution in [3.63, 3.8) is 0 Å². The number of nitrogens with two attached hydrogens (primary N) is 1. The molecule has 34 heteroatoms. The van der Waals surface area contributed by atoms with Crippen LogP contribution in [0.4, 0.5) is 8.78 Å². The maximum atomic E-state index is 13.1. The van der Waals surface area contributed by atoms with Gasteiger partial charge in [-0.2, -0.15) is 0 Å². The Balaban J connectivity index is 0.000000169. The summed E-state index contributed by atoms with van der Waals surface area (Å²) in [6.45, 7) is 19.1. The first-order valence-electron chi connectivity index (χ1n) is 33.2. The number of aryl methyl sites for hydroxylation is 2. The summed E-state index contributed by atoms with van der Waals surface area (Å²) in [7, 11) is 0. The van der Waals surface area contributed by atoms with Gasteiger partial charge in [0.15, 0.2) is 33.1 Å². The smallest absolute Gasteiger partial charge is 0.411 e. The van der Waals surface area contributed by atoms with Crippen LogP contribution in [0.15, 0.2) is 170 Å². The summed E-state index contributed by atoms with van der Waals surface area (Å²) in [5, 5.41) is 34.7. The summed E-state index contributed by atoms with van der Waals surface area (Å²) in [5.41, 5.74) is 14.5. The molecule has 8 heterocycles. The molecule has 0 amide bonds. The number of rotatable bonds is 12. The molecule has 0 bridgehead atoms. The average molecular weight is 1650 g/mol. The van der Waals surface area contributed by atoms with E-state index in [2.05, 4.69) is 78.6 Å². The number of aldehydes is 1. The molecule has 2 fully saturated rings. The number of H-pyrrole nitrogens is 5. The molecule has 5 aromatic heterocycles. The Kier molecular flexibility index (Phi) is 30.3. The lowest BCUT2D eigenvalue weighted by atomic mass is 9.90. The van der Waals surface area contributed by atoms with Crippen LogP contribution in [0, 0.1) is 58.1 Å². The van der Waals surface area contributed by atoms with Crippen molar-refractivity contribution in [1.29, 1.82) is 0 Å². The molecule has 10 N–H and O–H groups in total. The summed E-state index contributed by atoms with van der Waals surface area (Å²) in [5.74, 6) is 1.94. The molecule has 0 aliphatic carbocycles. The Hall–Kier alpha value is -9.66. The zero-order valence-electron chi connectivity index (χ0n) is 58.6. The van der Waals surface area contributed by atoms with Gasteiger partial charge in [0, 0.05) is 46.2 Å². The minimum Gasteiger partial charge on any atom is -0.411 e. The molecular formula is C74H75BrCl5F2N11O15. The first-order valence-corrected chi connectivity index (χ1v) is 35.5. The van der Waals surface area contributed by atoms with Crippen molar-refractivity contribution in [2.75, 3.05) is 39.3 Å². The first-order chi connectivity index (χ1) is 51.3. The van der Waals surface area contributed by atoms with Crippen molar-refractivity contribution < 1.29 is 56.1 Å². The molecule has 15 rings (SSSR count). The number of hydrogen-bond donors (Lipinski definition) is 9. The number of benzene rings is 7. The number of oxazole rings is 5.